The fourth-order valence-electron chi connectivity index (χ4n) is 1.02. The smallest absolute Gasteiger partial charge is 0.445 e. The third-order valence-electron chi connectivity index (χ3n) is 1.77. The monoisotopic (exact) mass is 320 g/mol. The van der Waals surface area contributed by atoms with E-state index in [0.29, 0.717) is 10.0 Å². The molecule has 82 valence electrons. The second-order valence-corrected chi connectivity index (χ2v) is 3.96. The average Bonchev–Trinajstić information content (AvgIpc) is 2.07. The normalized spacial score (nSPS) is 11.6. The Balaban J connectivity index is 0.00000225. The van der Waals surface area contributed by atoms with Gasteiger partial charge < -0.3 is 12.9 Å². The third kappa shape index (κ3) is 5.46. The van der Waals surface area contributed by atoms with Crippen LogP contribution in [0.4, 0.5) is 17.3 Å². The van der Waals surface area contributed by atoms with Crippen molar-refractivity contribution >= 4 is 29.0 Å². The first-order valence-electron chi connectivity index (χ1n) is 4.14. The molecule has 0 N–H and O–H groups in total. The summed E-state index contributed by atoms with van der Waals surface area (Å²) < 4.78 is 49.4. The van der Waals surface area contributed by atoms with E-state index in [1.54, 1.807) is 6.92 Å². The molecule has 0 atom stereocenters. The average molecular weight is 321 g/mol. The Labute approximate surface area is 142 Å². The van der Waals surface area contributed by atoms with Gasteiger partial charge in [-0.15, -0.1) is 5.98 Å². The largest absolute Gasteiger partial charge is 1.00 e. The van der Waals surface area contributed by atoms with Crippen molar-refractivity contribution in [2.75, 3.05) is 0 Å². The molecule has 1 rings (SSSR count). The fourth-order valence-corrected chi connectivity index (χ4v) is 1.34. The summed E-state index contributed by atoms with van der Waals surface area (Å²) >= 11 is 3.09. The molecule has 0 heterocycles. The molecule has 0 saturated heterocycles. The van der Waals surface area contributed by atoms with Crippen LogP contribution in [0.1, 0.15) is 11.1 Å². The minimum atomic E-state index is -5.02. The first-order chi connectivity index (χ1) is 6.79. The molecule has 0 aliphatic rings. The van der Waals surface area contributed by atoms with Gasteiger partial charge in [0.2, 0.25) is 0 Å². The van der Waals surface area contributed by atoms with Gasteiger partial charge in [0.05, 0.1) is 0 Å². The van der Waals surface area contributed by atoms with Gasteiger partial charge in [-0.05, 0) is 24.6 Å². The van der Waals surface area contributed by atoms with Gasteiger partial charge in [-0.25, -0.2) is 4.39 Å². The van der Waals surface area contributed by atoms with E-state index in [1.807, 2.05) is 0 Å². The minimum Gasteiger partial charge on any atom is -0.445 e. The third-order valence-corrected chi connectivity index (χ3v) is 2.63. The van der Waals surface area contributed by atoms with Crippen LogP contribution >= 0.6 is 15.9 Å². The number of benzene rings is 1. The van der Waals surface area contributed by atoms with Crippen molar-refractivity contribution < 1.29 is 68.7 Å². The van der Waals surface area contributed by atoms with Crippen molar-refractivity contribution in [3.05, 3.63) is 39.5 Å². The van der Waals surface area contributed by atoms with Crippen molar-refractivity contribution in [3.8, 4) is 0 Å². The molecule has 0 aromatic heterocycles. The van der Waals surface area contributed by atoms with Gasteiger partial charge in [0.15, 0.2) is 0 Å². The molecule has 0 spiro atoms. The zero-order valence-corrected chi connectivity index (χ0v) is 13.5. The number of halogens is 5. The Hall–Kier alpha value is 0.861. The number of hydrogen-bond acceptors (Lipinski definition) is 0. The molecule has 0 nitrogen and oxygen atoms in total. The summed E-state index contributed by atoms with van der Waals surface area (Å²) in [7, 11) is 0. The molecule has 0 aliphatic carbocycles. The SMILES string of the molecule is Cc1cc(/C=C/[B-](F)(F)F)c(F)cc1Br.[K+]. The predicted molar refractivity (Wildman–Crippen MR) is 56.9 cm³/mol. The number of rotatable bonds is 2. The summed E-state index contributed by atoms with van der Waals surface area (Å²) in [4.78, 5) is 0. The molecule has 1 aromatic rings. The van der Waals surface area contributed by atoms with Crippen LogP contribution in [0.5, 0.6) is 0 Å². The van der Waals surface area contributed by atoms with Gasteiger partial charge in [-0.3, -0.25) is 0 Å². The molecule has 0 unspecified atom stereocenters. The zero-order valence-electron chi connectivity index (χ0n) is 8.78. The standard InChI is InChI=1S/C9H7BBrF4.K/c1-6-4-7(2-3-10(13,14)15)9(12)5-8(6)11;/h2-5H,1H3;/q-1;+1/b3-2+;. The van der Waals surface area contributed by atoms with Gasteiger partial charge in [-0.1, -0.05) is 22.0 Å². The van der Waals surface area contributed by atoms with Crippen LogP contribution < -0.4 is 51.4 Å². The van der Waals surface area contributed by atoms with Crippen LogP contribution in [-0.4, -0.2) is 6.98 Å². The van der Waals surface area contributed by atoms with Crippen LogP contribution in [0.15, 0.2) is 22.6 Å². The fraction of sp³-hybridized carbons (Fsp3) is 0.111. The summed E-state index contributed by atoms with van der Waals surface area (Å²) in [5.74, 6) is -0.602. The second-order valence-electron chi connectivity index (χ2n) is 3.11. The van der Waals surface area contributed by atoms with E-state index in [-0.39, 0.29) is 62.9 Å². The van der Waals surface area contributed by atoms with E-state index in [9.17, 15) is 17.3 Å². The van der Waals surface area contributed by atoms with E-state index in [2.05, 4.69) is 15.9 Å². The predicted octanol–water partition coefficient (Wildman–Crippen LogP) is 1.30. The van der Waals surface area contributed by atoms with Crippen molar-refractivity contribution in [1.82, 2.24) is 0 Å². The van der Waals surface area contributed by atoms with Crippen LogP contribution in [0.3, 0.4) is 0 Å². The van der Waals surface area contributed by atoms with E-state index >= 15 is 0 Å². The van der Waals surface area contributed by atoms with Crippen LogP contribution in [-0.2, 0) is 0 Å². The first kappa shape index (κ1) is 16.9. The summed E-state index contributed by atoms with van der Waals surface area (Å²) in [6.45, 7) is -3.34. The summed E-state index contributed by atoms with van der Waals surface area (Å²) in [5, 5.41) is 0. The van der Waals surface area contributed by atoms with Crippen LogP contribution in [0.2, 0.25) is 0 Å². The molecule has 7 heteroatoms. The molecule has 0 amide bonds. The number of aryl methyl sites for hydroxylation is 1. The minimum absolute atomic E-state index is 0. The molecule has 1 aromatic carbocycles. The first-order valence-corrected chi connectivity index (χ1v) is 4.94. The molecule has 0 aliphatic heterocycles. The molecule has 0 fully saturated rings. The van der Waals surface area contributed by atoms with E-state index in [0.717, 1.165) is 12.1 Å². The maximum atomic E-state index is 13.2. The quantitative estimate of drug-likeness (QED) is 0.569. The summed E-state index contributed by atoms with van der Waals surface area (Å²) in [6, 6.07) is 2.51. The van der Waals surface area contributed by atoms with Gasteiger partial charge in [-0.2, -0.15) is 0 Å². The van der Waals surface area contributed by atoms with Crippen LogP contribution in [0.25, 0.3) is 6.08 Å². The topological polar surface area (TPSA) is 0 Å². The molecule has 0 bridgehead atoms. The molecule has 0 radical (unpaired) electrons. The van der Waals surface area contributed by atoms with Crippen molar-refractivity contribution in [1.29, 1.82) is 0 Å². The maximum Gasteiger partial charge on any atom is 1.00 e. The Bertz CT molecular complexity index is 403. The van der Waals surface area contributed by atoms with Gasteiger partial charge in [0.25, 0.3) is 0 Å². The van der Waals surface area contributed by atoms with Crippen LogP contribution in [0, 0.1) is 12.7 Å². The Kier molecular flexibility index (Phi) is 7.06. The molecule has 0 saturated carbocycles. The Morgan fingerprint density at radius 3 is 2.31 bits per heavy atom. The molecule has 16 heavy (non-hydrogen) atoms. The van der Waals surface area contributed by atoms with Crippen molar-refractivity contribution in [2.45, 2.75) is 6.92 Å². The molecular weight excluding hydrogens is 314 g/mol. The second kappa shape index (κ2) is 6.70. The summed E-state index contributed by atoms with van der Waals surface area (Å²) in [5.41, 5.74) is 0.626. The maximum absolute atomic E-state index is 13.2. The van der Waals surface area contributed by atoms with E-state index in [4.69, 9.17) is 0 Å². The van der Waals surface area contributed by atoms with Gasteiger partial charge >= 0.3 is 58.4 Å². The Morgan fingerprint density at radius 2 is 1.81 bits per heavy atom. The van der Waals surface area contributed by atoms with Crippen molar-refractivity contribution in [2.24, 2.45) is 0 Å². The van der Waals surface area contributed by atoms with Gasteiger partial charge in [0, 0.05) is 10.0 Å². The van der Waals surface area contributed by atoms with Gasteiger partial charge in [0.1, 0.15) is 5.82 Å². The zero-order chi connectivity index (χ0) is 11.6. The van der Waals surface area contributed by atoms with E-state index < -0.39 is 12.8 Å². The Morgan fingerprint density at radius 1 is 1.25 bits per heavy atom. The summed E-state index contributed by atoms with van der Waals surface area (Å²) in [6.07, 6.45) is 0.745. The number of hydrogen-bond donors (Lipinski definition) is 0. The van der Waals surface area contributed by atoms with E-state index in [1.165, 1.54) is 6.07 Å². The molecular formula is C9H7BBrF4K. The van der Waals surface area contributed by atoms with Crippen molar-refractivity contribution in [3.63, 3.8) is 0 Å².